The summed E-state index contributed by atoms with van der Waals surface area (Å²) in [5.41, 5.74) is 2.01. The van der Waals surface area contributed by atoms with E-state index in [1.807, 2.05) is 85.9 Å². The lowest BCUT2D eigenvalue weighted by atomic mass is 10.1. The maximum Gasteiger partial charge on any atom is 0.240 e. The zero-order valence-corrected chi connectivity index (χ0v) is 16.4. The summed E-state index contributed by atoms with van der Waals surface area (Å²) in [4.78, 5) is 16.2. The highest BCUT2D eigenvalue weighted by atomic mass is 32.2. The lowest BCUT2D eigenvalue weighted by Gasteiger charge is -2.24. The van der Waals surface area contributed by atoms with Crippen molar-refractivity contribution in [2.45, 2.75) is 16.7 Å². The van der Waals surface area contributed by atoms with E-state index in [-0.39, 0.29) is 18.0 Å². The molecular formula is C23H21NO3S. The van der Waals surface area contributed by atoms with E-state index in [1.165, 1.54) is 0 Å². The van der Waals surface area contributed by atoms with E-state index in [9.17, 15) is 4.79 Å². The first kappa shape index (κ1) is 18.4. The molecule has 4 nitrogen and oxygen atoms in total. The number of rotatable bonds is 6. The van der Waals surface area contributed by atoms with Gasteiger partial charge in [0.25, 0.3) is 0 Å². The van der Waals surface area contributed by atoms with Crippen LogP contribution in [-0.2, 0) is 11.3 Å². The van der Waals surface area contributed by atoms with E-state index < -0.39 is 0 Å². The Bertz CT molecular complexity index is 947. The van der Waals surface area contributed by atoms with Crippen molar-refractivity contribution in [3.63, 3.8) is 0 Å². The summed E-state index contributed by atoms with van der Waals surface area (Å²) >= 11 is 1.57. The molecule has 0 spiro atoms. The van der Waals surface area contributed by atoms with E-state index in [1.54, 1.807) is 16.7 Å². The maximum atomic E-state index is 13.3. The van der Waals surface area contributed by atoms with Gasteiger partial charge in [-0.1, -0.05) is 54.6 Å². The molecule has 1 aliphatic heterocycles. The number of likely N-dealkylation sites (N-methyl/N-ethyl adjacent to an activating group) is 1. The molecule has 1 aliphatic rings. The van der Waals surface area contributed by atoms with Crippen LogP contribution in [-0.4, -0.2) is 24.6 Å². The second-order valence-electron chi connectivity index (χ2n) is 6.60. The van der Waals surface area contributed by atoms with E-state index in [2.05, 4.69) is 0 Å². The molecule has 28 heavy (non-hydrogen) atoms. The summed E-state index contributed by atoms with van der Waals surface area (Å²) in [6, 6.07) is 25.8. The Hall–Kier alpha value is -2.92. The third-order valence-corrected chi connectivity index (χ3v) is 5.81. The summed E-state index contributed by atoms with van der Waals surface area (Å²) in [6.45, 7) is 0.755. The summed E-state index contributed by atoms with van der Waals surface area (Å²) in [7, 11) is 1.84. The zero-order chi connectivity index (χ0) is 19.3. The molecule has 1 atom stereocenters. The number of nitrogens with zero attached hydrogens (tertiary/aromatic N) is 1. The zero-order valence-electron chi connectivity index (χ0n) is 15.6. The molecule has 142 valence electrons. The normalized spacial score (nSPS) is 13.2. The Labute approximate surface area is 169 Å². The molecule has 0 radical (unpaired) electrons. The van der Waals surface area contributed by atoms with Crippen molar-refractivity contribution in [2.75, 3.05) is 13.8 Å². The molecule has 0 saturated heterocycles. The van der Waals surface area contributed by atoms with Crippen LogP contribution >= 0.6 is 11.8 Å². The van der Waals surface area contributed by atoms with Crippen LogP contribution in [0.2, 0.25) is 0 Å². The molecule has 0 bridgehead atoms. The van der Waals surface area contributed by atoms with Crippen LogP contribution in [0.25, 0.3) is 0 Å². The van der Waals surface area contributed by atoms with Crippen LogP contribution in [0.4, 0.5) is 0 Å². The van der Waals surface area contributed by atoms with Crippen LogP contribution in [0.3, 0.4) is 0 Å². The smallest absolute Gasteiger partial charge is 0.240 e. The van der Waals surface area contributed by atoms with Gasteiger partial charge in [0.05, 0.1) is 0 Å². The molecule has 0 fully saturated rings. The van der Waals surface area contributed by atoms with Crippen molar-refractivity contribution >= 4 is 17.7 Å². The van der Waals surface area contributed by atoms with Gasteiger partial charge in [0.1, 0.15) is 5.25 Å². The first-order valence-corrected chi connectivity index (χ1v) is 9.99. The van der Waals surface area contributed by atoms with Gasteiger partial charge >= 0.3 is 0 Å². The van der Waals surface area contributed by atoms with E-state index in [0.29, 0.717) is 6.54 Å². The van der Waals surface area contributed by atoms with Crippen molar-refractivity contribution in [2.24, 2.45) is 0 Å². The van der Waals surface area contributed by atoms with E-state index >= 15 is 0 Å². The van der Waals surface area contributed by atoms with Gasteiger partial charge in [-0.2, -0.15) is 0 Å². The van der Waals surface area contributed by atoms with Gasteiger partial charge in [-0.25, -0.2) is 0 Å². The van der Waals surface area contributed by atoms with Crippen LogP contribution in [0.5, 0.6) is 11.5 Å². The first-order chi connectivity index (χ1) is 13.7. The van der Waals surface area contributed by atoms with Gasteiger partial charge < -0.3 is 14.4 Å². The molecule has 4 rings (SSSR count). The highest BCUT2D eigenvalue weighted by molar-refractivity contribution is 8.00. The third-order valence-electron chi connectivity index (χ3n) is 4.56. The average molecular weight is 391 g/mol. The number of amides is 1. The molecule has 0 N–H and O–H groups in total. The minimum absolute atomic E-state index is 0.0673. The Kier molecular flexibility index (Phi) is 5.53. The Morgan fingerprint density at radius 2 is 1.64 bits per heavy atom. The number of ether oxygens (including phenoxy) is 2. The van der Waals surface area contributed by atoms with Crippen molar-refractivity contribution in [1.29, 1.82) is 0 Å². The number of hydrogen-bond donors (Lipinski definition) is 0. The number of hydrogen-bond acceptors (Lipinski definition) is 4. The van der Waals surface area contributed by atoms with Gasteiger partial charge in [-0.15, -0.1) is 11.8 Å². The maximum absolute atomic E-state index is 13.3. The summed E-state index contributed by atoms with van der Waals surface area (Å²) in [5.74, 6) is 1.55. The summed E-state index contributed by atoms with van der Waals surface area (Å²) in [5, 5.41) is -0.303. The molecule has 0 aromatic heterocycles. The molecule has 5 heteroatoms. The molecule has 0 unspecified atom stereocenters. The highest BCUT2D eigenvalue weighted by Gasteiger charge is 2.25. The quantitative estimate of drug-likeness (QED) is 0.560. The molecule has 3 aromatic carbocycles. The first-order valence-electron chi connectivity index (χ1n) is 9.11. The van der Waals surface area contributed by atoms with Gasteiger partial charge in [-0.05, 0) is 35.4 Å². The summed E-state index contributed by atoms with van der Waals surface area (Å²) in [6.07, 6.45) is 0. The standard InChI is InChI=1S/C23H21NO3S/c1-24(15-17-12-13-20-21(14-17)27-16-26-20)23(25)22(18-8-4-2-5-9-18)28-19-10-6-3-7-11-19/h2-14,22H,15-16H2,1H3/t22-/m0/s1. The average Bonchev–Trinajstić information content (AvgIpc) is 3.21. The Balaban J connectivity index is 1.54. The lowest BCUT2D eigenvalue weighted by Crippen LogP contribution is -2.30. The number of thioether (sulfide) groups is 1. The topological polar surface area (TPSA) is 38.8 Å². The van der Waals surface area contributed by atoms with Crippen molar-refractivity contribution < 1.29 is 14.3 Å². The van der Waals surface area contributed by atoms with Crippen LogP contribution in [0.15, 0.2) is 83.8 Å². The lowest BCUT2D eigenvalue weighted by molar-refractivity contribution is -0.129. The highest BCUT2D eigenvalue weighted by Crippen LogP contribution is 2.37. The van der Waals surface area contributed by atoms with Gasteiger partial charge in [0, 0.05) is 18.5 Å². The molecule has 1 heterocycles. The second kappa shape index (κ2) is 8.40. The number of carbonyl (C=O) groups is 1. The SMILES string of the molecule is CN(Cc1ccc2c(c1)OCO2)C(=O)[C@@H](Sc1ccccc1)c1ccccc1. The minimum Gasteiger partial charge on any atom is -0.454 e. The fourth-order valence-electron chi connectivity index (χ4n) is 3.12. The fraction of sp³-hybridized carbons (Fsp3) is 0.174. The molecule has 1 amide bonds. The van der Waals surface area contributed by atoms with Gasteiger partial charge in [-0.3, -0.25) is 4.79 Å². The number of carbonyl (C=O) groups excluding carboxylic acids is 1. The van der Waals surface area contributed by atoms with E-state index in [0.717, 1.165) is 27.5 Å². The minimum atomic E-state index is -0.303. The number of benzene rings is 3. The summed E-state index contributed by atoms with van der Waals surface area (Å²) < 4.78 is 10.8. The van der Waals surface area contributed by atoms with E-state index in [4.69, 9.17) is 9.47 Å². The third kappa shape index (κ3) is 4.15. The van der Waals surface area contributed by atoms with Crippen LogP contribution in [0.1, 0.15) is 16.4 Å². The second-order valence-corrected chi connectivity index (χ2v) is 7.78. The molecule has 0 aliphatic carbocycles. The molecular weight excluding hydrogens is 370 g/mol. The Morgan fingerprint density at radius 3 is 2.39 bits per heavy atom. The number of fused-ring (bicyclic) bond motifs is 1. The van der Waals surface area contributed by atoms with Crippen LogP contribution in [0, 0.1) is 0 Å². The van der Waals surface area contributed by atoms with Gasteiger partial charge in [0.2, 0.25) is 12.7 Å². The molecule has 0 saturated carbocycles. The predicted molar refractivity (Wildman–Crippen MR) is 111 cm³/mol. The fourth-order valence-corrected chi connectivity index (χ4v) is 4.28. The van der Waals surface area contributed by atoms with Gasteiger partial charge in [0.15, 0.2) is 11.5 Å². The van der Waals surface area contributed by atoms with Crippen molar-refractivity contribution in [3.05, 3.63) is 90.0 Å². The molecule has 3 aromatic rings. The largest absolute Gasteiger partial charge is 0.454 e. The Morgan fingerprint density at radius 1 is 0.964 bits per heavy atom. The monoisotopic (exact) mass is 391 g/mol. The van der Waals surface area contributed by atoms with Crippen molar-refractivity contribution in [3.8, 4) is 11.5 Å². The predicted octanol–water partition coefficient (Wildman–Crippen LogP) is 4.91. The van der Waals surface area contributed by atoms with Crippen LogP contribution < -0.4 is 9.47 Å². The van der Waals surface area contributed by atoms with Crippen molar-refractivity contribution in [1.82, 2.24) is 4.90 Å².